The maximum Gasteiger partial charge on any atom is 0.274 e. The van der Waals surface area contributed by atoms with E-state index < -0.39 is 29.6 Å². The number of benzodiazepines with no additional fused rings is 1. The molecule has 0 fully saturated rings. The van der Waals surface area contributed by atoms with E-state index >= 15 is 0 Å². The van der Waals surface area contributed by atoms with Gasteiger partial charge in [0.15, 0.2) is 17.2 Å². The van der Waals surface area contributed by atoms with Gasteiger partial charge in [0.2, 0.25) is 12.0 Å². The number of para-hydroxylation sites is 1. The van der Waals surface area contributed by atoms with E-state index in [1.54, 1.807) is 36.4 Å². The van der Waals surface area contributed by atoms with Crippen LogP contribution in [0.15, 0.2) is 84.1 Å². The number of carbonyl (C=O) groups is 2. The van der Waals surface area contributed by atoms with Gasteiger partial charge in [-0.3, -0.25) is 14.6 Å². The summed E-state index contributed by atoms with van der Waals surface area (Å²) in [6.45, 7) is 0. The summed E-state index contributed by atoms with van der Waals surface area (Å²) >= 11 is 0. The average Bonchev–Trinajstić information content (AvgIpc) is 3.28. The van der Waals surface area contributed by atoms with Crippen molar-refractivity contribution in [1.29, 1.82) is 0 Å². The summed E-state index contributed by atoms with van der Waals surface area (Å²) < 4.78 is 36.0. The van der Waals surface area contributed by atoms with Crippen LogP contribution in [0, 0.1) is 11.6 Å². The molecule has 1 atom stereocenters. The molecule has 6 rings (SSSR count). The number of pyridine rings is 1. The Bertz CT molecular complexity index is 1820. The monoisotopic (exact) mass is 539 g/mol. The molecule has 3 aromatic heterocycles. The molecule has 1 unspecified atom stereocenters. The number of amides is 2. The average molecular weight is 540 g/mol. The van der Waals surface area contributed by atoms with Crippen LogP contribution >= 0.6 is 0 Å². The summed E-state index contributed by atoms with van der Waals surface area (Å²) in [7, 11) is 1.40. The highest BCUT2D eigenvalue weighted by atomic mass is 19.1. The largest absolute Gasteiger partial charge is 0.480 e. The number of ether oxygens (including phenoxy) is 1. The highest BCUT2D eigenvalue weighted by Crippen LogP contribution is 2.29. The third kappa shape index (κ3) is 4.30. The fourth-order valence-corrected chi connectivity index (χ4v) is 4.40. The van der Waals surface area contributed by atoms with Crippen molar-refractivity contribution in [2.45, 2.75) is 6.17 Å². The van der Waals surface area contributed by atoms with Crippen LogP contribution in [0.4, 0.5) is 14.5 Å². The van der Waals surface area contributed by atoms with Crippen LogP contribution in [0.2, 0.25) is 0 Å². The first-order valence-corrected chi connectivity index (χ1v) is 12.0. The summed E-state index contributed by atoms with van der Waals surface area (Å²) in [6, 6.07) is 17.7. The van der Waals surface area contributed by atoms with Crippen molar-refractivity contribution in [3.05, 3.63) is 108 Å². The number of carbonyl (C=O) groups excluding carboxylic acids is 2. The molecule has 0 spiro atoms. The predicted molar refractivity (Wildman–Crippen MR) is 141 cm³/mol. The summed E-state index contributed by atoms with van der Waals surface area (Å²) in [4.78, 5) is 39.8. The predicted octanol–water partition coefficient (Wildman–Crippen LogP) is 3.62. The number of fused-ring (bicyclic) bond motifs is 2. The van der Waals surface area contributed by atoms with Crippen molar-refractivity contribution in [1.82, 2.24) is 24.9 Å². The first kappa shape index (κ1) is 24.8. The zero-order valence-electron chi connectivity index (χ0n) is 20.8. The quantitative estimate of drug-likeness (QED) is 0.352. The Morgan fingerprint density at radius 2 is 1.82 bits per heavy atom. The minimum atomic E-state index is -1.49. The van der Waals surface area contributed by atoms with Crippen LogP contribution in [0.3, 0.4) is 0 Å². The van der Waals surface area contributed by atoms with Crippen molar-refractivity contribution in [3.8, 4) is 17.1 Å². The van der Waals surface area contributed by atoms with Crippen molar-refractivity contribution in [2.24, 2.45) is 4.99 Å². The molecule has 10 nitrogen and oxygen atoms in total. The molecule has 2 aromatic carbocycles. The van der Waals surface area contributed by atoms with E-state index in [1.807, 2.05) is 6.07 Å². The molecule has 0 radical (unpaired) electrons. The molecule has 5 aromatic rings. The summed E-state index contributed by atoms with van der Waals surface area (Å²) in [5.41, 5.74) is 1.20. The zero-order valence-corrected chi connectivity index (χ0v) is 20.8. The fourth-order valence-electron chi connectivity index (χ4n) is 4.40. The minimum Gasteiger partial charge on any atom is -0.480 e. The van der Waals surface area contributed by atoms with Gasteiger partial charge in [0.05, 0.1) is 24.7 Å². The molecule has 2 amide bonds. The molecule has 12 heteroatoms. The van der Waals surface area contributed by atoms with Crippen molar-refractivity contribution in [3.63, 3.8) is 0 Å². The number of aromatic nitrogens is 4. The van der Waals surface area contributed by atoms with E-state index in [9.17, 15) is 18.4 Å². The molecular weight excluding hydrogens is 520 g/mol. The maximum absolute atomic E-state index is 14.8. The van der Waals surface area contributed by atoms with Gasteiger partial charge in [-0.1, -0.05) is 42.5 Å². The Morgan fingerprint density at radius 1 is 1.00 bits per heavy atom. The minimum absolute atomic E-state index is 0.00196. The fraction of sp³-hybridized carbons (Fsp3) is 0.0714. The standard InChI is InChI=1S/C28H19F2N7O3/c1-40-21-11-10-20-32-24(16-12-13-31-14-19(16)30)25(37(20)36-21)27(38)35-26-28(39)34-23-17(8-5-9-18(23)29)22(33-26)15-6-3-2-4-7-15/h2-14,26H,1H3,(H,34,39)(H,35,38). The third-order valence-electron chi connectivity index (χ3n) is 6.24. The van der Waals surface area contributed by atoms with Gasteiger partial charge < -0.3 is 15.4 Å². The molecule has 198 valence electrons. The van der Waals surface area contributed by atoms with Crippen LogP contribution in [0.25, 0.3) is 16.9 Å². The maximum atomic E-state index is 14.8. The number of aliphatic imine (C=N–C) groups is 1. The Morgan fingerprint density at radius 3 is 2.60 bits per heavy atom. The zero-order chi connectivity index (χ0) is 27.8. The van der Waals surface area contributed by atoms with Crippen LogP contribution in [0.5, 0.6) is 5.88 Å². The molecule has 1 aliphatic rings. The topological polar surface area (TPSA) is 123 Å². The van der Waals surface area contributed by atoms with E-state index in [-0.39, 0.29) is 39.9 Å². The second-order valence-electron chi connectivity index (χ2n) is 8.68. The molecule has 40 heavy (non-hydrogen) atoms. The number of imidazole rings is 1. The molecule has 1 aliphatic heterocycles. The highest BCUT2D eigenvalue weighted by Gasteiger charge is 2.32. The summed E-state index contributed by atoms with van der Waals surface area (Å²) in [5, 5.41) is 9.39. The smallest absolute Gasteiger partial charge is 0.274 e. The van der Waals surface area contributed by atoms with Gasteiger partial charge in [0, 0.05) is 29.0 Å². The first-order chi connectivity index (χ1) is 19.4. The lowest BCUT2D eigenvalue weighted by atomic mass is 10.0. The lowest BCUT2D eigenvalue weighted by Crippen LogP contribution is -2.43. The normalized spacial score (nSPS) is 14.6. The van der Waals surface area contributed by atoms with E-state index in [2.05, 4.69) is 30.7 Å². The number of nitrogens with zero attached hydrogens (tertiary/aromatic N) is 5. The van der Waals surface area contributed by atoms with E-state index in [4.69, 9.17) is 4.74 Å². The molecule has 0 saturated heterocycles. The third-order valence-corrected chi connectivity index (χ3v) is 6.24. The highest BCUT2D eigenvalue weighted by molar-refractivity contribution is 6.20. The van der Waals surface area contributed by atoms with E-state index in [1.165, 1.54) is 42.1 Å². The van der Waals surface area contributed by atoms with Gasteiger partial charge in [-0.15, -0.1) is 5.10 Å². The second kappa shape index (κ2) is 9.98. The lowest BCUT2D eigenvalue weighted by molar-refractivity contribution is -0.117. The number of halogens is 2. The Kier molecular flexibility index (Phi) is 6.19. The Hall–Kier alpha value is -5.52. The molecule has 0 saturated carbocycles. The number of anilines is 1. The Labute approximate surface area is 225 Å². The van der Waals surface area contributed by atoms with Crippen molar-refractivity contribution >= 4 is 28.9 Å². The second-order valence-corrected chi connectivity index (χ2v) is 8.68. The van der Waals surface area contributed by atoms with Gasteiger partial charge in [0.1, 0.15) is 11.5 Å². The van der Waals surface area contributed by atoms with Gasteiger partial charge in [-0.25, -0.2) is 23.3 Å². The first-order valence-electron chi connectivity index (χ1n) is 12.0. The van der Waals surface area contributed by atoms with Gasteiger partial charge in [0.25, 0.3) is 11.8 Å². The number of nitrogens with one attached hydrogen (secondary N) is 2. The molecule has 0 bridgehead atoms. The van der Waals surface area contributed by atoms with Crippen LogP contribution < -0.4 is 15.4 Å². The SMILES string of the molecule is COc1ccc2nc(-c3ccncc3F)c(C(=O)NC3N=C(c4ccccc4)c4cccc(F)c4NC3=O)n2n1. The number of methoxy groups -OCH3 is 1. The number of benzene rings is 2. The van der Waals surface area contributed by atoms with Crippen LogP contribution in [-0.4, -0.2) is 50.4 Å². The van der Waals surface area contributed by atoms with E-state index in [0.29, 0.717) is 11.1 Å². The van der Waals surface area contributed by atoms with Gasteiger partial charge >= 0.3 is 0 Å². The van der Waals surface area contributed by atoms with Crippen LogP contribution in [0.1, 0.15) is 21.6 Å². The lowest BCUT2D eigenvalue weighted by Gasteiger charge is -2.14. The molecule has 2 N–H and O–H groups in total. The van der Waals surface area contributed by atoms with Crippen molar-refractivity contribution < 1.29 is 23.1 Å². The van der Waals surface area contributed by atoms with Crippen LogP contribution in [-0.2, 0) is 4.79 Å². The summed E-state index contributed by atoms with van der Waals surface area (Å²) in [6.07, 6.45) is 0.871. The molecule has 0 aliphatic carbocycles. The number of hydrogen-bond acceptors (Lipinski definition) is 7. The molecular formula is C28H19F2N7O3. The molecule has 4 heterocycles. The van der Waals surface area contributed by atoms with E-state index in [0.717, 1.165) is 6.20 Å². The van der Waals surface area contributed by atoms with Gasteiger partial charge in [-0.05, 0) is 18.2 Å². The summed E-state index contributed by atoms with van der Waals surface area (Å²) in [5.74, 6) is -2.81. The van der Waals surface area contributed by atoms with Crippen molar-refractivity contribution in [2.75, 3.05) is 12.4 Å². The Balaban J connectivity index is 1.48. The number of hydrogen-bond donors (Lipinski definition) is 2. The van der Waals surface area contributed by atoms with Gasteiger partial charge in [-0.2, -0.15) is 0 Å². The number of rotatable bonds is 5.